The number of benzene rings is 1. The zero-order chi connectivity index (χ0) is 16.8. The molecule has 0 aliphatic carbocycles. The molecule has 0 saturated carbocycles. The van der Waals surface area contributed by atoms with Crippen LogP contribution in [-0.2, 0) is 0 Å². The molecule has 1 unspecified atom stereocenters. The Kier molecular flexibility index (Phi) is 8.18. The Hall–Kier alpha value is -1.63. The van der Waals surface area contributed by atoms with E-state index in [0.29, 0.717) is 17.3 Å². The molecule has 0 fully saturated rings. The molecule has 5 nitrogen and oxygen atoms in total. The van der Waals surface area contributed by atoms with Gasteiger partial charge >= 0.3 is 0 Å². The normalized spacial score (nSPS) is 11.7. The van der Waals surface area contributed by atoms with Crippen molar-refractivity contribution >= 4 is 29.7 Å². The van der Waals surface area contributed by atoms with E-state index in [-0.39, 0.29) is 24.4 Å². The summed E-state index contributed by atoms with van der Waals surface area (Å²) in [6.45, 7) is 4.67. The standard InChI is InChI=1S/C17H23N3O2S.ClH/c1-11(2)8-13(9-18)20-16(21)15-10-19-17(23-15)12-4-6-14(22-3)7-5-12;/h4-7,10-11,13H,8-9,18H2,1-3H3,(H,20,21);1H. The average Bonchev–Trinajstić information content (AvgIpc) is 3.04. The van der Waals surface area contributed by atoms with Crippen molar-refractivity contribution in [3.63, 3.8) is 0 Å². The lowest BCUT2D eigenvalue weighted by atomic mass is 10.0. The summed E-state index contributed by atoms with van der Waals surface area (Å²) in [5.74, 6) is 1.17. The molecule has 2 rings (SSSR count). The van der Waals surface area contributed by atoms with E-state index in [2.05, 4.69) is 24.1 Å². The van der Waals surface area contributed by atoms with Crippen LogP contribution < -0.4 is 15.8 Å². The molecule has 1 amide bonds. The van der Waals surface area contributed by atoms with E-state index in [1.54, 1.807) is 13.3 Å². The maximum absolute atomic E-state index is 12.3. The average molecular weight is 370 g/mol. The lowest BCUT2D eigenvalue weighted by molar-refractivity contribution is 0.0937. The maximum Gasteiger partial charge on any atom is 0.263 e. The molecule has 3 N–H and O–H groups in total. The molecule has 1 aromatic heterocycles. The molecule has 0 saturated heterocycles. The van der Waals surface area contributed by atoms with Crippen molar-refractivity contribution in [1.82, 2.24) is 10.3 Å². The third-order valence-corrected chi connectivity index (χ3v) is 4.49. The van der Waals surface area contributed by atoms with Gasteiger partial charge < -0.3 is 15.8 Å². The Morgan fingerprint density at radius 3 is 2.54 bits per heavy atom. The number of hydrogen-bond donors (Lipinski definition) is 2. The molecule has 0 aliphatic rings. The fraction of sp³-hybridized carbons (Fsp3) is 0.412. The first-order valence-electron chi connectivity index (χ1n) is 7.64. The lowest BCUT2D eigenvalue weighted by Crippen LogP contribution is -2.40. The number of nitrogens with zero attached hydrogens (tertiary/aromatic N) is 1. The first-order valence-corrected chi connectivity index (χ1v) is 8.46. The zero-order valence-corrected chi connectivity index (χ0v) is 15.7. The van der Waals surface area contributed by atoms with Gasteiger partial charge in [-0.2, -0.15) is 0 Å². The van der Waals surface area contributed by atoms with E-state index in [9.17, 15) is 4.79 Å². The third kappa shape index (κ3) is 5.47. The van der Waals surface area contributed by atoms with Crippen molar-refractivity contribution in [2.75, 3.05) is 13.7 Å². The maximum atomic E-state index is 12.3. The highest BCUT2D eigenvalue weighted by Gasteiger charge is 2.16. The van der Waals surface area contributed by atoms with E-state index in [1.807, 2.05) is 24.3 Å². The number of nitrogens with one attached hydrogen (secondary N) is 1. The first-order chi connectivity index (χ1) is 11.0. The number of ether oxygens (including phenoxy) is 1. The molecule has 132 valence electrons. The molecule has 1 aromatic carbocycles. The van der Waals surface area contributed by atoms with Crippen molar-refractivity contribution in [2.24, 2.45) is 11.7 Å². The van der Waals surface area contributed by atoms with Gasteiger partial charge in [0.1, 0.15) is 15.6 Å². The summed E-state index contributed by atoms with van der Waals surface area (Å²) in [7, 11) is 1.63. The van der Waals surface area contributed by atoms with Crippen molar-refractivity contribution in [2.45, 2.75) is 26.3 Å². The van der Waals surface area contributed by atoms with Gasteiger partial charge in [-0.3, -0.25) is 4.79 Å². The molecule has 7 heteroatoms. The molecule has 2 aromatic rings. The van der Waals surface area contributed by atoms with Gasteiger partial charge in [-0.1, -0.05) is 13.8 Å². The topological polar surface area (TPSA) is 77.2 Å². The number of nitrogens with two attached hydrogens (primary N) is 1. The van der Waals surface area contributed by atoms with Gasteiger partial charge in [-0.15, -0.1) is 23.7 Å². The van der Waals surface area contributed by atoms with E-state index < -0.39 is 0 Å². The molecule has 0 bridgehead atoms. The minimum Gasteiger partial charge on any atom is -0.497 e. The molecule has 0 radical (unpaired) electrons. The van der Waals surface area contributed by atoms with E-state index in [4.69, 9.17) is 10.5 Å². The summed E-state index contributed by atoms with van der Waals surface area (Å²) in [5, 5.41) is 3.79. The quantitative estimate of drug-likeness (QED) is 0.784. The molecule has 1 heterocycles. The van der Waals surface area contributed by atoms with Crippen LogP contribution >= 0.6 is 23.7 Å². The van der Waals surface area contributed by atoms with Crippen LogP contribution in [0.2, 0.25) is 0 Å². The predicted octanol–water partition coefficient (Wildman–Crippen LogP) is 3.34. The first kappa shape index (κ1) is 20.4. The number of methoxy groups -OCH3 is 1. The highest BCUT2D eigenvalue weighted by atomic mass is 35.5. The number of hydrogen-bond acceptors (Lipinski definition) is 5. The van der Waals surface area contributed by atoms with Gasteiger partial charge in [0.05, 0.1) is 13.3 Å². The third-order valence-electron chi connectivity index (χ3n) is 3.44. The van der Waals surface area contributed by atoms with Crippen molar-refractivity contribution in [1.29, 1.82) is 0 Å². The van der Waals surface area contributed by atoms with Crippen LogP contribution in [0.5, 0.6) is 5.75 Å². The van der Waals surface area contributed by atoms with Crippen LogP contribution in [0.25, 0.3) is 10.6 Å². The van der Waals surface area contributed by atoms with Gasteiger partial charge in [0.25, 0.3) is 5.91 Å². The molecule has 0 spiro atoms. The largest absolute Gasteiger partial charge is 0.497 e. The van der Waals surface area contributed by atoms with Crippen LogP contribution in [0, 0.1) is 5.92 Å². The van der Waals surface area contributed by atoms with Gasteiger partial charge in [0.2, 0.25) is 0 Å². The van der Waals surface area contributed by atoms with Crippen molar-refractivity contribution < 1.29 is 9.53 Å². The minimum atomic E-state index is -0.113. The minimum absolute atomic E-state index is 0. The Balaban J connectivity index is 0.00000288. The number of aromatic nitrogens is 1. The lowest BCUT2D eigenvalue weighted by Gasteiger charge is -2.18. The smallest absolute Gasteiger partial charge is 0.263 e. The Bertz CT molecular complexity index is 644. The second kappa shape index (κ2) is 9.61. The van der Waals surface area contributed by atoms with Crippen LogP contribution in [-0.4, -0.2) is 30.6 Å². The fourth-order valence-corrected chi connectivity index (χ4v) is 3.11. The number of carbonyl (C=O) groups is 1. The van der Waals surface area contributed by atoms with E-state index in [1.165, 1.54) is 11.3 Å². The predicted molar refractivity (Wildman–Crippen MR) is 101 cm³/mol. The zero-order valence-electron chi connectivity index (χ0n) is 14.1. The van der Waals surface area contributed by atoms with Crippen LogP contribution in [0.15, 0.2) is 30.5 Å². The van der Waals surface area contributed by atoms with Gasteiger partial charge in [-0.05, 0) is 36.6 Å². The monoisotopic (exact) mass is 369 g/mol. The number of carbonyl (C=O) groups excluding carboxylic acids is 1. The molecule has 24 heavy (non-hydrogen) atoms. The molecular formula is C17H24ClN3O2S. The Morgan fingerprint density at radius 2 is 2.00 bits per heavy atom. The summed E-state index contributed by atoms with van der Waals surface area (Å²) in [4.78, 5) is 17.3. The van der Waals surface area contributed by atoms with Crippen LogP contribution in [0.4, 0.5) is 0 Å². The van der Waals surface area contributed by atoms with Gasteiger partial charge in [-0.25, -0.2) is 4.98 Å². The van der Waals surface area contributed by atoms with Crippen molar-refractivity contribution in [3.8, 4) is 16.3 Å². The second-order valence-corrected chi connectivity index (χ2v) is 6.82. The number of thiazole rings is 1. The molecule has 0 aliphatic heterocycles. The summed E-state index contributed by atoms with van der Waals surface area (Å²) >= 11 is 1.37. The van der Waals surface area contributed by atoms with Crippen LogP contribution in [0.1, 0.15) is 29.9 Å². The van der Waals surface area contributed by atoms with E-state index in [0.717, 1.165) is 22.7 Å². The number of amides is 1. The summed E-state index contributed by atoms with van der Waals surface area (Å²) in [5.41, 5.74) is 6.70. The summed E-state index contributed by atoms with van der Waals surface area (Å²) < 4.78 is 5.14. The summed E-state index contributed by atoms with van der Waals surface area (Å²) in [6.07, 6.45) is 2.48. The Morgan fingerprint density at radius 1 is 1.33 bits per heavy atom. The SMILES string of the molecule is COc1ccc(-c2ncc(C(=O)NC(CN)CC(C)C)s2)cc1.Cl. The fourth-order valence-electron chi connectivity index (χ4n) is 2.29. The van der Waals surface area contributed by atoms with E-state index >= 15 is 0 Å². The van der Waals surface area contributed by atoms with Gasteiger partial charge in [0.15, 0.2) is 0 Å². The molecular weight excluding hydrogens is 346 g/mol. The second-order valence-electron chi connectivity index (χ2n) is 5.79. The van der Waals surface area contributed by atoms with Crippen molar-refractivity contribution in [3.05, 3.63) is 35.3 Å². The highest BCUT2D eigenvalue weighted by molar-refractivity contribution is 7.16. The Labute approximate surface area is 153 Å². The van der Waals surface area contributed by atoms with Crippen LogP contribution in [0.3, 0.4) is 0 Å². The van der Waals surface area contributed by atoms with Gasteiger partial charge in [0, 0.05) is 18.2 Å². The number of rotatable bonds is 7. The number of halogens is 1. The molecule has 1 atom stereocenters. The highest BCUT2D eigenvalue weighted by Crippen LogP contribution is 2.26. The summed E-state index contributed by atoms with van der Waals surface area (Å²) in [6, 6.07) is 7.61.